The van der Waals surface area contributed by atoms with Crippen LogP contribution in [0.5, 0.6) is 11.8 Å². The number of piperazine rings is 1. The SMILES string of the molecule is C#Cc1cccc2cc(O)cc(-c3nc(CC)c4c(N5CC6CCC(C5)N6)nc(OC)nc4c3F)c12. The third-order valence-electron chi connectivity index (χ3n) is 7.23. The van der Waals surface area contributed by atoms with Crippen molar-refractivity contribution in [1.82, 2.24) is 20.3 Å². The number of phenolic OH excluding ortho intramolecular Hbond substituents is 1. The summed E-state index contributed by atoms with van der Waals surface area (Å²) in [6.07, 6.45) is 8.55. The van der Waals surface area contributed by atoms with Crippen molar-refractivity contribution in [2.75, 3.05) is 25.1 Å². The Morgan fingerprint density at radius 2 is 1.94 bits per heavy atom. The molecule has 2 aromatic carbocycles. The number of aromatic hydroxyl groups is 1. The average molecular weight is 484 g/mol. The number of nitrogens with zero attached hydrogens (tertiary/aromatic N) is 4. The molecule has 4 aromatic rings. The Bertz CT molecular complexity index is 1550. The minimum absolute atomic E-state index is 0.00302. The standard InChI is InChI=1S/C28H26FN5O2/c1-4-15-7-6-8-16-11-19(35)12-20(22(15)16)25-24(29)26-23(21(5-2)31-25)27(33-28(32-26)36-3)34-13-17-9-10-18(14-34)30-17/h1,6-8,11-12,17-18,30,35H,5,9-10,13-14H2,2-3H3. The van der Waals surface area contributed by atoms with Crippen LogP contribution in [0.4, 0.5) is 10.2 Å². The van der Waals surface area contributed by atoms with E-state index >= 15 is 4.39 Å². The van der Waals surface area contributed by atoms with Crippen LogP contribution in [0.25, 0.3) is 32.9 Å². The van der Waals surface area contributed by atoms with Crippen LogP contribution in [0.3, 0.4) is 0 Å². The van der Waals surface area contributed by atoms with E-state index < -0.39 is 5.82 Å². The highest BCUT2D eigenvalue weighted by molar-refractivity contribution is 6.03. The molecule has 182 valence electrons. The van der Waals surface area contributed by atoms with Gasteiger partial charge < -0.3 is 20.1 Å². The second-order valence-electron chi connectivity index (χ2n) is 9.42. The zero-order valence-electron chi connectivity index (χ0n) is 20.2. The Morgan fingerprint density at radius 1 is 1.17 bits per heavy atom. The number of hydrogen-bond acceptors (Lipinski definition) is 7. The quantitative estimate of drug-likeness (QED) is 0.421. The van der Waals surface area contributed by atoms with E-state index in [-0.39, 0.29) is 23.0 Å². The lowest BCUT2D eigenvalue weighted by atomic mass is 9.95. The number of phenols is 1. The molecule has 2 fully saturated rings. The summed E-state index contributed by atoms with van der Waals surface area (Å²) in [5, 5.41) is 16.0. The molecule has 0 aliphatic carbocycles. The highest BCUT2D eigenvalue weighted by Crippen LogP contribution is 2.40. The monoisotopic (exact) mass is 483 g/mol. The van der Waals surface area contributed by atoms with Gasteiger partial charge in [-0.05, 0) is 42.8 Å². The number of rotatable bonds is 4. The zero-order valence-corrected chi connectivity index (χ0v) is 20.2. The van der Waals surface area contributed by atoms with Crippen molar-refractivity contribution in [2.24, 2.45) is 0 Å². The molecule has 0 saturated carbocycles. The number of aromatic nitrogens is 3. The van der Waals surface area contributed by atoms with Gasteiger partial charge in [0.2, 0.25) is 0 Å². The van der Waals surface area contributed by atoms with Gasteiger partial charge in [-0.15, -0.1) is 6.42 Å². The molecule has 0 radical (unpaired) electrons. The van der Waals surface area contributed by atoms with E-state index in [1.54, 1.807) is 12.1 Å². The van der Waals surface area contributed by atoms with Crippen LogP contribution < -0.4 is 15.0 Å². The summed E-state index contributed by atoms with van der Waals surface area (Å²) in [4.78, 5) is 16.1. The number of aryl methyl sites for hydroxylation is 1. The minimum atomic E-state index is -0.596. The van der Waals surface area contributed by atoms with Crippen LogP contribution in [-0.2, 0) is 6.42 Å². The van der Waals surface area contributed by atoms with E-state index in [0.717, 1.165) is 25.9 Å². The van der Waals surface area contributed by atoms with Crippen LogP contribution in [-0.4, -0.2) is 52.3 Å². The van der Waals surface area contributed by atoms with Gasteiger partial charge in [-0.3, -0.25) is 0 Å². The molecule has 8 heteroatoms. The van der Waals surface area contributed by atoms with Crippen molar-refractivity contribution in [1.29, 1.82) is 0 Å². The molecule has 7 nitrogen and oxygen atoms in total. The van der Waals surface area contributed by atoms with E-state index in [2.05, 4.69) is 26.1 Å². The topological polar surface area (TPSA) is 83.4 Å². The second-order valence-corrected chi connectivity index (χ2v) is 9.42. The Kier molecular flexibility index (Phi) is 5.38. The van der Waals surface area contributed by atoms with E-state index in [1.165, 1.54) is 13.2 Å². The zero-order chi connectivity index (χ0) is 25.0. The molecule has 6 rings (SSSR count). The lowest BCUT2D eigenvalue weighted by molar-refractivity contribution is 0.380. The Hall–Kier alpha value is -3.96. The largest absolute Gasteiger partial charge is 0.508 e. The summed E-state index contributed by atoms with van der Waals surface area (Å²) < 4.78 is 21.8. The van der Waals surface area contributed by atoms with Crippen LogP contribution in [0, 0.1) is 18.2 Å². The van der Waals surface area contributed by atoms with Crippen molar-refractivity contribution in [3.63, 3.8) is 0 Å². The van der Waals surface area contributed by atoms with Gasteiger partial charge in [0.1, 0.15) is 22.8 Å². The maximum absolute atomic E-state index is 16.4. The fourth-order valence-corrected chi connectivity index (χ4v) is 5.65. The number of hydrogen-bond donors (Lipinski definition) is 2. The predicted octanol–water partition coefficient (Wildman–Crippen LogP) is 4.18. The Morgan fingerprint density at radius 3 is 2.64 bits per heavy atom. The van der Waals surface area contributed by atoms with Gasteiger partial charge in [-0.2, -0.15) is 9.97 Å². The van der Waals surface area contributed by atoms with Crippen LogP contribution in [0.2, 0.25) is 0 Å². The first-order chi connectivity index (χ1) is 17.5. The smallest absolute Gasteiger partial charge is 0.318 e. The first-order valence-electron chi connectivity index (χ1n) is 12.2. The van der Waals surface area contributed by atoms with Crippen LogP contribution in [0.15, 0.2) is 30.3 Å². The van der Waals surface area contributed by atoms with Crippen molar-refractivity contribution < 1.29 is 14.2 Å². The van der Waals surface area contributed by atoms with E-state index in [9.17, 15) is 5.11 Å². The van der Waals surface area contributed by atoms with Crippen molar-refractivity contribution >= 4 is 27.5 Å². The molecular formula is C28H26FN5O2. The van der Waals surface area contributed by atoms with Crippen molar-refractivity contribution in [3.05, 3.63) is 47.4 Å². The molecular weight excluding hydrogens is 457 g/mol. The average Bonchev–Trinajstić information content (AvgIpc) is 3.24. The lowest BCUT2D eigenvalue weighted by Gasteiger charge is -2.34. The van der Waals surface area contributed by atoms with Crippen molar-refractivity contribution in [3.8, 4) is 35.4 Å². The van der Waals surface area contributed by atoms with Gasteiger partial charge >= 0.3 is 6.01 Å². The Labute approximate surface area is 208 Å². The molecule has 2 N–H and O–H groups in total. The number of ether oxygens (including phenoxy) is 1. The molecule has 0 spiro atoms. The van der Waals surface area contributed by atoms with E-state index in [4.69, 9.17) is 16.1 Å². The fourth-order valence-electron chi connectivity index (χ4n) is 5.65. The number of methoxy groups -OCH3 is 1. The highest BCUT2D eigenvalue weighted by Gasteiger charge is 2.35. The Balaban J connectivity index is 1.65. The number of nitrogens with one attached hydrogen (secondary N) is 1. The molecule has 2 atom stereocenters. The first kappa shape index (κ1) is 22.5. The number of fused-ring (bicyclic) bond motifs is 4. The third kappa shape index (κ3) is 3.50. The van der Waals surface area contributed by atoms with Gasteiger partial charge in [0.25, 0.3) is 0 Å². The maximum atomic E-state index is 16.4. The maximum Gasteiger partial charge on any atom is 0.318 e. The molecule has 2 aromatic heterocycles. The minimum Gasteiger partial charge on any atom is -0.508 e. The molecule has 0 amide bonds. The third-order valence-corrected chi connectivity index (χ3v) is 7.23. The van der Waals surface area contributed by atoms with Gasteiger partial charge in [-0.25, -0.2) is 9.37 Å². The molecule has 2 aliphatic heterocycles. The molecule has 2 aliphatic rings. The summed E-state index contributed by atoms with van der Waals surface area (Å²) in [6.45, 7) is 3.54. The summed E-state index contributed by atoms with van der Waals surface area (Å²) in [5.41, 5.74) is 1.94. The van der Waals surface area contributed by atoms with Crippen molar-refractivity contribution in [2.45, 2.75) is 38.3 Å². The number of terminal acetylenes is 1. The fraction of sp³-hybridized carbons (Fsp3) is 0.321. The van der Waals surface area contributed by atoms with Gasteiger partial charge in [-0.1, -0.05) is 25.0 Å². The van der Waals surface area contributed by atoms with Gasteiger partial charge in [0.15, 0.2) is 5.82 Å². The molecule has 36 heavy (non-hydrogen) atoms. The molecule has 2 unspecified atom stereocenters. The number of benzene rings is 2. The number of anilines is 1. The van der Waals surface area contributed by atoms with Gasteiger partial charge in [0, 0.05) is 41.7 Å². The van der Waals surface area contributed by atoms with Crippen LogP contribution >= 0.6 is 0 Å². The number of halogens is 1. The van der Waals surface area contributed by atoms with Gasteiger partial charge in [0.05, 0.1) is 18.2 Å². The summed E-state index contributed by atoms with van der Waals surface area (Å²) in [7, 11) is 1.48. The molecule has 2 saturated heterocycles. The first-order valence-corrected chi connectivity index (χ1v) is 12.2. The molecule has 2 bridgehead atoms. The number of pyridine rings is 1. The van der Waals surface area contributed by atoms with Crippen LogP contribution in [0.1, 0.15) is 31.0 Å². The predicted molar refractivity (Wildman–Crippen MR) is 138 cm³/mol. The summed E-state index contributed by atoms with van der Waals surface area (Å²) in [5.74, 6) is 2.73. The highest BCUT2D eigenvalue weighted by atomic mass is 19.1. The normalized spacial score (nSPS) is 19.1. The van der Waals surface area contributed by atoms with E-state index in [0.29, 0.717) is 57.3 Å². The summed E-state index contributed by atoms with van der Waals surface area (Å²) >= 11 is 0. The molecule has 4 heterocycles. The van der Waals surface area contributed by atoms with E-state index in [1.807, 2.05) is 19.1 Å². The second kappa shape index (κ2) is 8.61. The summed E-state index contributed by atoms with van der Waals surface area (Å²) in [6, 6.07) is 9.42. The lowest BCUT2D eigenvalue weighted by Crippen LogP contribution is -2.51.